The first kappa shape index (κ1) is 12.3. The minimum Gasteiger partial charge on any atom is -0.0620 e. The molecule has 0 aromatic heterocycles. The fourth-order valence-corrected chi connectivity index (χ4v) is 4.24. The van der Waals surface area contributed by atoms with Gasteiger partial charge in [0.2, 0.25) is 0 Å². The van der Waals surface area contributed by atoms with Gasteiger partial charge in [0.05, 0.1) is 0 Å². The summed E-state index contributed by atoms with van der Waals surface area (Å²) in [6, 6.07) is 8.78. The maximum atomic E-state index is 2.44. The van der Waals surface area contributed by atoms with Crippen molar-refractivity contribution in [1.82, 2.24) is 0 Å². The van der Waals surface area contributed by atoms with Crippen LogP contribution in [0.15, 0.2) is 24.3 Å². The second-order valence-corrected chi connectivity index (χ2v) is 7.29. The first-order chi connectivity index (χ1) is 8.54. The maximum Gasteiger partial charge on any atom is -0.0184 e. The van der Waals surface area contributed by atoms with Crippen molar-refractivity contribution >= 4 is 0 Å². The lowest BCUT2D eigenvalue weighted by molar-refractivity contribution is 0.457. The molecule has 0 aliphatic heterocycles. The Morgan fingerprint density at radius 1 is 1.06 bits per heavy atom. The van der Waals surface area contributed by atoms with Crippen LogP contribution in [0.1, 0.15) is 69.9 Å². The van der Waals surface area contributed by atoms with E-state index < -0.39 is 0 Å². The summed E-state index contributed by atoms with van der Waals surface area (Å²) in [7, 11) is 0. The fraction of sp³-hybridized carbons (Fsp3) is 0.667. The Hall–Kier alpha value is -0.780. The largest absolute Gasteiger partial charge is 0.0620 e. The highest BCUT2D eigenvalue weighted by molar-refractivity contribution is 5.33. The molecule has 0 saturated heterocycles. The zero-order valence-corrected chi connectivity index (χ0v) is 12.1. The maximum absolute atomic E-state index is 2.44. The van der Waals surface area contributed by atoms with Gasteiger partial charge < -0.3 is 0 Å². The fourth-order valence-electron chi connectivity index (χ4n) is 4.24. The monoisotopic (exact) mass is 242 g/mol. The van der Waals surface area contributed by atoms with E-state index in [0.717, 1.165) is 16.7 Å². The van der Waals surface area contributed by atoms with Crippen LogP contribution in [0.3, 0.4) is 0 Å². The molecule has 1 aromatic rings. The SMILES string of the molecule is CC12CCCC1(C)C2.CC1CCc2ccccc21. The topological polar surface area (TPSA) is 0 Å². The first-order valence-corrected chi connectivity index (χ1v) is 7.62. The molecule has 0 N–H and O–H groups in total. The third-order valence-corrected chi connectivity index (χ3v) is 6.00. The van der Waals surface area contributed by atoms with Gasteiger partial charge in [-0.1, -0.05) is 51.5 Å². The summed E-state index contributed by atoms with van der Waals surface area (Å²) in [5, 5.41) is 0. The van der Waals surface area contributed by atoms with Crippen LogP contribution >= 0.6 is 0 Å². The molecule has 3 aliphatic carbocycles. The van der Waals surface area contributed by atoms with Gasteiger partial charge in [0.15, 0.2) is 0 Å². The summed E-state index contributed by atoms with van der Waals surface area (Å²) in [5.41, 5.74) is 4.73. The van der Waals surface area contributed by atoms with Crippen molar-refractivity contribution in [1.29, 1.82) is 0 Å². The molecule has 0 bridgehead atoms. The molecule has 2 saturated carbocycles. The van der Waals surface area contributed by atoms with E-state index in [1.807, 2.05) is 0 Å². The number of hydrogen-bond acceptors (Lipinski definition) is 0. The molecule has 0 nitrogen and oxygen atoms in total. The smallest absolute Gasteiger partial charge is 0.0184 e. The summed E-state index contributed by atoms with van der Waals surface area (Å²) >= 11 is 0. The van der Waals surface area contributed by atoms with Crippen LogP contribution in [-0.2, 0) is 6.42 Å². The van der Waals surface area contributed by atoms with Gasteiger partial charge in [-0.3, -0.25) is 0 Å². The van der Waals surface area contributed by atoms with Crippen molar-refractivity contribution in [3.05, 3.63) is 35.4 Å². The van der Waals surface area contributed by atoms with E-state index in [4.69, 9.17) is 0 Å². The Morgan fingerprint density at radius 3 is 2.22 bits per heavy atom. The molecule has 0 radical (unpaired) electrons. The van der Waals surface area contributed by atoms with Gasteiger partial charge >= 0.3 is 0 Å². The molecule has 0 amide bonds. The van der Waals surface area contributed by atoms with Crippen LogP contribution < -0.4 is 0 Å². The van der Waals surface area contributed by atoms with E-state index in [1.54, 1.807) is 11.1 Å². The summed E-state index contributed by atoms with van der Waals surface area (Å²) in [5.74, 6) is 0.802. The van der Waals surface area contributed by atoms with Gasteiger partial charge in [0, 0.05) is 0 Å². The van der Waals surface area contributed by atoms with Gasteiger partial charge in [0.1, 0.15) is 0 Å². The zero-order valence-electron chi connectivity index (χ0n) is 12.1. The lowest BCUT2D eigenvalue weighted by Crippen LogP contribution is -1.95. The van der Waals surface area contributed by atoms with Crippen LogP contribution in [-0.4, -0.2) is 0 Å². The molecule has 3 unspecified atom stereocenters. The van der Waals surface area contributed by atoms with Crippen LogP contribution in [0.5, 0.6) is 0 Å². The van der Waals surface area contributed by atoms with Crippen LogP contribution in [0, 0.1) is 10.8 Å². The Labute approximate surface area is 112 Å². The van der Waals surface area contributed by atoms with E-state index in [2.05, 4.69) is 45.0 Å². The Kier molecular flexibility index (Phi) is 2.80. The average Bonchev–Trinajstić information content (AvgIpc) is 2.63. The van der Waals surface area contributed by atoms with Crippen molar-refractivity contribution in [2.45, 2.75) is 65.2 Å². The van der Waals surface area contributed by atoms with Gasteiger partial charge in [-0.15, -0.1) is 0 Å². The number of fused-ring (bicyclic) bond motifs is 2. The summed E-state index contributed by atoms with van der Waals surface area (Å²) in [6.45, 7) is 7.20. The molecule has 0 spiro atoms. The third kappa shape index (κ3) is 1.90. The van der Waals surface area contributed by atoms with Crippen molar-refractivity contribution in [3.8, 4) is 0 Å². The van der Waals surface area contributed by atoms with E-state index >= 15 is 0 Å². The summed E-state index contributed by atoms with van der Waals surface area (Å²) in [6.07, 6.45) is 8.65. The number of aryl methyl sites for hydroxylation is 1. The number of benzene rings is 1. The molecule has 4 rings (SSSR count). The van der Waals surface area contributed by atoms with Gasteiger partial charge in [0.25, 0.3) is 0 Å². The lowest BCUT2D eigenvalue weighted by atomic mass is 10.0. The molecule has 3 atom stereocenters. The quantitative estimate of drug-likeness (QED) is 0.577. The zero-order chi connectivity index (χ0) is 12.8. The van der Waals surface area contributed by atoms with Crippen molar-refractivity contribution < 1.29 is 0 Å². The first-order valence-electron chi connectivity index (χ1n) is 7.62. The molecule has 1 aromatic carbocycles. The highest BCUT2D eigenvalue weighted by Gasteiger charge is 2.62. The molecule has 98 valence electrons. The minimum absolute atomic E-state index is 0.799. The van der Waals surface area contributed by atoms with Crippen LogP contribution in [0.4, 0.5) is 0 Å². The molecule has 0 heteroatoms. The van der Waals surface area contributed by atoms with Crippen molar-refractivity contribution in [2.24, 2.45) is 10.8 Å². The second kappa shape index (κ2) is 4.11. The molecular formula is C18H26. The van der Waals surface area contributed by atoms with Crippen LogP contribution in [0.2, 0.25) is 0 Å². The second-order valence-electron chi connectivity index (χ2n) is 7.29. The van der Waals surface area contributed by atoms with E-state index in [9.17, 15) is 0 Å². The lowest BCUT2D eigenvalue weighted by Gasteiger charge is -2.03. The van der Waals surface area contributed by atoms with E-state index in [0.29, 0.717) is 0 Å². The summed E-state index contributed by atoms with van der Waals surface area (Å²) < 4.78 is 0. The normalized spacial score (nSPS) is 39.6. The number of rotatable bonds is 0. The Balaban J connectivity index is 0.000000114. The summed E-state index contributed by atoms with van der Waals surface area (Å²) in [4.78, 5) is 0. The third-order valence-electron chi connectivity index (χ3n) is 6.00. The van der Waals surface area contributed by atoms with E-state index in [-0.39, 0.29) is 0 Å². The van der Waals surface area contributed by atoms with E-state index in [1.165, 1.54) is 38.5 Å². The molecule has 0 heterocycles. The molecular weight excluding hydrogens is 216 g/mol. The van der Waals surface area contributed by atoms with Crippen molar-refractivity contribution in [2.75, 3.05) is 0 Å². The molecule has 18 heavy (non-hydrogen) atoms. The predicted molar refractivity (Wildman–Crippen MR) is 77.9 cm³/mol. The minimum atomic E-state index is 0.799. The van der Waals surface area contributed by atoms with Crippen LogP contribution in [0.25, 0.3) is 0 Å². The predicted octanol–water partition coefficient (Wildman–Crippen LogP) is 5.32. The Bertz CT molecular complexity index is 425. The molecule has 2 fully saturated rings. The van der Waals surface area contributed by atoms with Gasteiger partial charge in [-0.2, -0.15) is 0 Å². The number of hydrogen-bond donors (Lipinski definition) is 0. The highest BCUT2D eigenvalue weighted by atomic mass is 14.7. The van der Waals surface area contributed by atoms with Gasteiger partial charge in [-0.05, 0) is 60.0 Å². The highest BCUT2D eigenvalue weighted by Crippen LogP contribution is 2.72. The molecule has 3 aliphatic rings. The van der Waals surface area contributed by atoms with Crippen molar-refractivity contribution in [3.63, 3.8) is 0 Å². The average molecular weight is 242 g/mol. The Morgan fingerprint density at radius 2 is 1.72 bits per heavy atom. The van der Waals surface area contributed by atoms with Gasteiger partial charge in [-0.25, -0.2) is 0 Å². The standard InChI is InChI=1S/C10H12.C8H14/c1-8-6-7-9-4-2-3-5-10(8)9;1-7-4-3-5-8(7,2)6-7/h2-5,8H,6-7H2,1H3;3-6H2,1-2H3.